The second kappa shape index (κ2) is 5.69. The van der Waals surface area contributed by atoms with Crippen LogP contribution in [0.2, 0.25) is 0 Å². The highest BCUT2D eigenvalue weighted by Crippen LogP contribution is 2.56. The maximum Gasteiger partial charge on any atom is 0.221 e. The highest BCUT2D eigenvalue weighted by Gasteiger charge is 2.38. The molecule has 2 aromatic carbocycles. The minimum Gasteiger partial charge on any atom is -0.326 e. The Hall–Kier alpha value is -2.35. The third-order valence-corrected chi connectivity index (χ3v) is 4.50. The van der Waals surface area contributed by atoms with E-state index >= 15 is 0 Å². The molecule has 0 bridgehead atoms. The fraction of sp³-hybridized carbons (Fsp3) is 0.286. The van der Waals surface area contributed by atoms with E-state index in [1.165, 1.54) is 22.3 Å². The maximum atomic E-state index is 11.5. The number of aryl methyl sites for hydroxylation is 1. The summed E-state index contributed by atoms with van der Waals surface area (Å²) in [6, 6.07) is 16.8. The van der Waals surface area contributed by atoms with Crippen molar-refractivity contribution in [2.24, 2.45) is 5.41 Å². The molecule has 23 heavy (non-hydrogen) atoms. The van der Waals surface area contributed by atoms with Crippen LogP contribution in [-0.4, -0.2) is 5.91 Å². The topological polar surface area (TPSA) is 29.1 Å². The molecule has 0 aliphatic heterocycles. The Balaban J connectivity index is 2.12. The molecule has 0 heterocycles. The molecule has 0 aromatic heterocycles. The average molecular weight is 305 g/mol. The summed E-state index contributed by atoms with van der Waals surface area (Å²) >= 11 is 0. The van der Waals surface area contributed by atoms with Crippen LogP contribution in [-0.2, 0) is 4.79 Å². The van der Waals surface area contributed by atoms with Crippen molar-refractivity contribution in [2.75, 3.05) is 5.32 Å². The number of amides is 1. The van der Waals surface area contributed by atoms with Gasteiger partial charge in [-0.15, -0.1) is 0 Å². The third-order valence-electron chi connectivity index (χ3n) is 4.50. The first kappa shape index (κ1) is 15.5. The van der Waals surface area contributed by atoms with Crippen molar-refractivity contribution in [3.8, 4) is 0 Å². The highest BCUT2D eigenvalue weighted by atomic mass is 16.1. The van der Waals surface area contributed by atoms with E-state index in [1.54, 1.807) is 6.92 Å². The van der Waals surface area contributed by atoms with Gasteiger partial charge >= 0.3 is 0 Å². The Bertz CT molecular complexity index is 782. The molecule has 1 aliphatic rings. The van der Waals surface area contributed by atoms with Gasteiger partial charge in [0.2, 0.25) is 5.91 Å². The van der Waals surface area contributed by atoms with Gasteiger partial charge in [0.25, 0.3) is 0 Å². The summed E-state index contributed by atoms with van der Waals surface area (Å²) in [5.41, 5.74) is 7.46. The van der Waals surface area contributed by atoms with E-state index < -0.39 is 0 Å². The number of hydrogen-bond acceptors (Lipinski definition) is 1. The first-order chi connectivity index (χ1) is 10.9. The minimum atomic E-state index is -0.0338. The summed E-state index contributed by atoms with van der Waals surface area (Å²) in [7, 11) is 0. The molecule has 2 aromatic rings. The zero-order valence-corrected chi connectivity index (χ0v) is 14.2. The molecule has 0 unspecified atom stereocenters. The lowest BCUT2D eigenvalue weighted by Crippen LogP contribution is -2.26. The number of nitrogens with one attached hydrogen (secondary N) is 1. The first-order valence-electron chi connectivity index (χ1n) is 8.06. The molecular weight excluding hydrogens is 282 g/mol. The number of carbonyl (C=O) groups is 1. The number of para-hydroxylation sites is 1. The molecule has 0 radical (unpaired) electrons. The van der Waals surface area contributed by atoms with Crippen molar-refractivity contribution < 1.29 is 4.79 Å². The molecule has 3 rings (SSSR count). The van der Waals surface area contributed by atoms with Crippen molar-refractivity contribution in [1.82, 2.24) is 0 Å². The Morgan fingerprint density at radius 3 is 2.30 bits per heavy atom. The second-order valence-corrected chi connectivity index (χ2v) is 7.01. The number of anilines is 1. The number of rotatable bonds is 3. The van der Waals surface area contributed by atoms with Crippen LogP contribution in [0.5, 0.6) is 0 Å². The van der Waals surface area contributed by atoms with Crippen LogP contribution in [0.4, 0.5) is 5.69 Å². The van der Waals surface area contributed by atoms with Crippen LogP contribution in [0.25, 0.3) is 11.1 Å². The molecule has 1 aliphatic carbocycles. The van der Waals surface area contributed by atoms with E-state index in [2.05, 4.69) is 56.4 Å². The minimum absolute atomic E-state index is 0.0338. The van der Waals surface area contributed by atoms with Gasteiger partial charge in [-0.1, -0.05) is 61.9 Å². The molecule has 0 saturated carbocycles. The summed E-state index contributed by atoms with van der Waals surface area (Å²) < 4.78 is 0. The summed E-state index contributed by atoms with van der Waals surface area (Å²) in [6.45, 7) is 8.23. The second-order valence-electron chi connectivity index (χ2n) is 7.01. The lowest BCUT2D eigenvalue weighted by Gasteiger charge is -2.42. The smallest absolute Gasteiger partial charge is 0.221 e. The monoisotopic (exact) mass is 305 g/mol. The van der Waals surface area contributed by atoms with E-state index in [4.69, 9.17) is 0 Å². The fourth-order valence-corrected chi connectivity index (χ4v) is 3.48. The Kier molecular flexibility index (Phi) is 3.85. The zero-order valence-electron chi connectivity index (χ0n) is 14.2. The normalized spacial score (nSPS) is 16.0. The van der Waals surface area contributed by atoms with Crippen molar-refractivity contribution in [3.63, 3.8) is 0 Å². The van der Waals surface area contributed by atoms with E-state index in [0.29, 0.717) is 0 Å². The van der Waals surface area contributed by atoms with E-state index in [0.717, 1.165) is 17.7 Å². The van der Waals surface area contributed by atoms with Crippen molar-refractivity contribution in [3.05, 3.63) is 65.2 Å². The van der Waals surface area contributed by atoms with Gasteiger partial charge in [0.05, 0.1) is 0 Å². The number of allylic oxidation sites excluding steroid dienone is 2. The van der Waals surface area contributed by atoms with Gasteiger partial charge in [0, 0.05) is 18.2 Å². The van der Waals surface area contributed by atoms with E-state index in [9.17, 15) is 4.79 Å². The quantitative estimate of drug-likeness (QED) is 0.819. The largest absolute Gasteiger partial charge is 0.326 e. The number of hydrogen-bond donors (Lipinski definition) is 1. The number of benzene rings is 2. The Morgan fingerprint density at radius 2 is 1.70 bits per heavy atom. The van der Waals surface area contributed by atoms with Gasteiger partial charge in [0.15, 0.2) is 0 Å². The van der Waals surface area contributed by atoms with Gasteiger partial charge in [0.1, 0.15) is 0 Å². The third kappa shape index (κ3) is 2.94. The average Bonchev–Trinajstić information content (AvgIpc) is 2.47. The van der Waals surface area contributed by atoms with Crippen molar-refractivity contribution in [2.45, 2.75) is 34.1 Å². The van der Waals surface area contributed by atoms with Gasteiger partial charge in [-0.25, -0.2) is 0 Å². The molecular formula is C21H23NO. The summed E-state index contributed by atoms with van der Waals surface area (Å²) in [5.74, 6) is -0.0338. The van der Waals surface area contributed by atoms with E-state index in [-0.39, 0.29) is 11.3 Å². The lowest BCUT2D eigenvalue weighted by molar-refractivity contribution is -0.114. The van der Waals surface area contributed by atoms with Gasteiger partial charge in [-0.2, -0.15) is 0 Å². The molecule has 1 amide bonds. The van der Waals surface area contributed by atoms with Gasteiger partial charge in [-0.05, 0) is 41.5 Å². The van der Waals surface area contributed by atoms with Crippen LogP contribution >= 0.6 is 0 Å². The molecule has 0 atom stereocenters. The summed E-state index contributed by atoms with van der Waals surface area (Å²) in [5, 5.41) is 2.96. The molecule has 0 fully saturated rings. The molecule has 2 heteroatoms. The molecule has 0 spiro atoms. The predicted molar refractivity (Wildman–Crippen MR) is 97.1 cm³/mol. The Morgan fingerprint density at radius 1 is 1.04 bits per heavy atom. The Labute approximate surface area is 138 Å². The van der Waals surface area contributed by atoms with Crippen LogP contribution in [0.3, 0.4) is 0 Å². The van der Waals surface area contributed by atoms with Gasteiger partial charge < -0.3 is 5.32 Å². The zero-order chi connectivity index (χ0) is 16.6. The van der Waals surface area contributed by atoms with Crippen LogP contribution < -0.4 is 5.32 Å². The number of carbonyl (C=O) groups excluding carboxylic acids is 1. The summed E-state index contributed by atoms with van der Waals surface area (Å²) in [6.07, 6.45) is 1.02. The first-order valence-corrected chi connectivity index (χ1v) is 8.06. The SMILES string of the molecule is CC(=O)Nc1ccccc1C1=C(c2ccc(C)cc2)C(C)(C)C1. The molecule has 0 saturated heterocycles. The van der Waals surface area contributed by atoms with Gasteiger partial charge in [-0.3, -0.25) is 4.79 Å². The van der Waals surface area contributed by atoms with Crippen molar-refractivity contribution >= 4 is 22.7 Å². The maximum absolute atomic E-state index is 11.5. The lowest BCUT2D eigenvalue weighted by atomic mass is 9.62. The standard InChI is InChI=1S/C21H23NO/c1-14-9-11-16(12-10-14)20-18(13-21(20,3)4)17-7-5-6-8-19(17)22-15(2)23/h5-12H,13H2,1-4H3,(H,22,23). The van der Waals surface area contributed by atoms with E-state index in [1.807, 2.05) is 18.2 Å². The predicted octanol–water partition coefficient (Wildman–Crippen LogP) is 5.29. The molecule has 2 nitrogen and oxygen atoms in total. The molecule has 1 N–H and O–H groups in total. The fourth-order valence-electron chi connectivity index (χ4n) is 3.48. The summed E-state index contributed by atoms with van der Waals surface area (Å²) in [4.78, 5) is 11.5. The highest BCUT2D eigenvalue weighted by molar-refractivity contribution is 6.04. The van der Waals surface area contributed by atoms with Crippen LogP contribution in [0.1, 0.15) is 43.9 Å². The molecule has 118 valence electrons. The van der Waals surface area contributed by atoms with Crippen LogP contribution in [0, 0.1) is 12.3 Å². The van der Waals surface area contributed by atoms with Crippen LogP contribution in [0.15, 0.2) is 48.5 Å². The van der Waals surface area contributed by atoms with Crippen molar-refractivity contribution in [1.29, 1.82) is 0 Å².